The van der Waals surface area contributed by atoms with Crippen LogP contribution in [0.4, 0.5) is 5.82 Å². The van der Waals surface area contributed by atoms with Gasteiger partial charge in [-0.2, -0.15) is 0 Å². The molecule has 1 atom stereocenters. The Kier molecular flexibility index (Phi) is 5.25. The van der Waals surface area contributed by atoms with Crippen molar-refractivity contribution in [1.82, 2.24) is 10.3 Å². The highest BCUT2D eigenvalue weighted by Crippen LogP contribution is 2.09. The van der Waals surface area contributed by atoms with Crippen LogP contribution in [0.15, 0.2) is 18.3 Å². The van der Waals surface area contributed by atoms with Crippen LogP contribution < -0.4 is 10.2 Å². The number of carbonyl (C=O) groups is 2. The van der Waals surface area contributed by atoms with E-state index in [0.29, 0.717) is 11.4 Å². The molecule has 0 aliphatic rings. The second-order valence-electron chi connectivity index (χ2n) is 4.20. The maximum atomic E-state index is 11.8. The number of carboxylic acid groups (broad SMARTS) is 1. The van der Waals surface area contributed by atoms with Gasteiger partial charge in [0.25, 0.3) is 5.91 Å². The third-order valence-corrected chi connectivity index (χ3v) is 2.45. The zero-order chi connectivity index (χ0) is 14.4. The first kappa shape index (κ1) is 14.9. The molecule has 7 nitrogen and oxygen atoms in total. The van der Waals surface area contributed by atoms with Crippen LogP contribution in [-0.2, 0) is 4.79 Å². The van der Waals surface area contributed by atoms with Crippen LogP contribution in [0.1, 0.15) is 16.8 Å². The van der Waals surface area contributed by atoms with E-state index in [1.165, 1.54) is 6.20 Å². The molecule has 1 heterocycles. The Balaban J connectivity index is 2.54. The quantitative estimate of drug-likeness (QED) is 0.654. The van der Waals surface area contributed by atoms with E-state index in [2.05, 4.69) is 10.3 Å². The summed E-state index contributed by atoms with van der Waals surface area (Å²) in [5.74, 6) is -0.977. The minimum Gasteiger partial charge on any atom is -0.479 e. The van der Waals surface area contributed by atoms with Crippen molar-refractivity contribution in [1.29, 1.82) is 0 Å². The van der Waals surface area contributed by atoms with Crippen LogP contribution in [0.5, 0.6) is 0 Å². The Morgan fingerprint density at radius 2 is 2.16 bits per heavy atom. The molecule has 0 spiro atoms. The summed E-state index contributed by atoms with van der Waals surface area (Å²) >= 11 is 0. The predicted octanol–water partition coefficient (Wildman–Crippen LogP) is -0.287. The summed E-state index contributed by atoms with van der Waals surface area (Å²) in [6.45, 7) is 0.0892. The monoisotopic (exact) mass is 267 g/mol. The number of aliphatic hydroxyl groups excluding tert-OH is 1. The Bertz CT molecular complexity index is 462. The first-order valence-electron chi connectivity index (χ1n) is 5.74. The number of anilines is 1. The number of nitrogens with zero attached hydrogens (tertiary/aromatic N) is 2. The van der Waals surface area contributed by atoms with Gasteiger partial charge in [0.15, 0.2) is 6.10 Å². The number of pyridine rings is 1. The zero-order valence-corrected chi connectivity index (χ0v) is 10.8. The Hall–Kier alpha value is -2.15. The van der Waals surface area contributed by atoms with E-state index in [1.54, 1.807) is 17.0 Å². The van der Waals surface area contributed by atoms with Gasteiger partial charge in [-0.3, -0.25) is 4.79 Å². The molecule has 0 aromatic carbocycles. The molecule has 104 valence electrons. The molecule has 1 unspecified atom stereocenters. The van der Waals surface area contributed by atoms with Gasteiger partial charge in [-0.15, -0.1) is 0 Å². The molecule has 1 aromatic heterocycles. The normalized spacial score (nSPS) is 11.7. The average molecular weight is 267 g/mol. The molecule has 1 rings (SSSR count). The van der Waals surface area contributed by atoms with E-state index in [4.69, 9.17) is 10.2 Å². The molecular weight excluding hydrogens is 250 g/mol. The van der Waals surface area contributed by atoms with Gasteiger partial charge < -0.3 is 20.4 Å². The summed E-state index contributed by atoms with van der Waals surface area (Å²) in [5.41, 5.74) is 0.434. The Morgan fingerprint density at radius 1 is 1.47 bits per heavy atom. The maximum absolute atomic E-state index is 11.8. The minimum absolute atomic E-state index is 0.0350. The number of aliphatic carboxylic acids is 1. The second-order valence-corrected chi connectivity index (χ2v) is 4.20. The molecule has 0 saturated heterocycles. The lowest BCUT2D eigenvalue weighted by molar-refractivity contribution is -0.146. The van der Waals surface area contributed by atoms with E-state index in [0.717, 1.165) is 0 Å². The number of nitrogens with one attached hydrogen (secondary N) is 1. The van der Waals surface area contributed by atoms with Gasteiger partial charge in [-0.1, -0.05) is 0 Å². The molecule has 0 radical (unpaired) electrons. The van der Waals surface area contributed by atoms with Crippen molar-refractivity contribution in [2.45, 2.75) is 12.5 Å². The fourth-order valence-corrected chi connectivity index (χ4v) is 1.35. The van der Waals surface area contributed by atoms with Crippen LogP contribution >= 0.6 is 0 Å². The van der Waals surface area contributed by atoms with Crippen LogP contribution in [0, 0.1) is 0 Å². The van der Waals surface area contributed by atoms with Gasteiger partial charge >= 0.3 is 5.97 Å². The molecular formula is C12H17N3O4. The SMILES string of the molecule is CN(C)c1cc(C(=O)NCCC(O)C(=O)O)ccn1. The molecule has 7 heteroatoms. The summed E-state index contributed by atoms with van der Waals surface area (Å²) < 4.78 is 0. The summed E-state index contributed by atoms with van der Waals surface area (Å²) in [4.78, 5) is 28.0. The number of carbonyl (C=O) groups excluding carboxylic acids is 1. The van der Waals surface area contributed by atoms with Gasteiger partial charge in [0.05, 0.1) is 0 Å². The van der Waals surface area contributed by atoms with Crippen molar-refractivity contribution < 1.29 is 19.8 Å². The van der Waals surface area contributed by atoms with Crippen molar-refractivity contribution in [3.63, 3.8) is 0 Å². The molecule has 1 aromatic rings. The summed E-state index contributed by atoms with van der Waals surface area (Å²) in [6.07, 6.45) is 0.0262. The Morgan fingerprint density at radius 3 is 2.74 bits per heavy atom. The average Bonchev–Trinajstić information content (AvgIpc) is 2.38. The first-order valence-corrected chi connectivity index (χ1v) is 5.74. The molecule has 0 fully saturated rings. The third kappa shape index (κ3) is 4.55. The van der Waals surface area contributed by atoms with Crippen LogP contribution in [0.25, 0.3) is 0 Å². The fraction of sp³-hybridized carbons (Fsp3) is 0.417. The first-order chi connectivity index (χ1) is 8.91. The van der Waals surface area contributed by atoms with E-state index < -0.39 is 12.1 Å². The predicted molar refractivity (Wildman–Crippen MR) is 69.2 cm³/mol. The van der Waals surface area contributed by atoms with Crippen molar-refractivity contribution in [3.05, 3.63) is 23.9 Å². The number of aromatic nitrogens is 1. The van der Waals surface area contributed by atoms with Crippen LogP contribution in [-0.4, -0.2) is 53.8 Å². The standard InChI is InChI=1S/C12H17N3O4/c1-15(2)10-7-8(3-5-13-10)11(17)14-6-4-9(16)12(18)19/h3,5,7,9,16H,4,6H2,1-2H3,(H,14,17)(H,18,19). The van der Waals surface area contributed by atoms with Gasteiger partial charge in [0.1, 0.15) is 5.82 Å². The number of rotatable bonds is 6. The van der Waals surface area contributed by atoms with Gasteiger partial charge in [-0.25, -0.2) is 9.78 Å². The van der Waals surface area contributed by atoms with Gasteiger partial charge in [0, 0.05) is 38.8 Å². The highest BCUT2D eigenvalue weighted by molar-refractivity contribution is 5.94. The third-order valence-electron chi connectivity index (χ3n) is 2.45. The molecule has 0 aliphatic heterocycles. The van der Waals surface area contributed by atoms with Gasteiger partial charge in [0.2, 0.25) is 0 Å². The van der Waals surface area contributed by atoms with E-state index in [1.807, 2.05) is 14.1 Å². The van der Waals surface area contributed by atoms with E-state index in [-0.39, 0.29) is 18.9 Å². The summed E-state index contributed by atoms with van der Waals surface area (Å²) in [5, 5.41) is 20.1. The zero-order valence-electron chi connectivity index (χ0n) is 10.8. The number of carboxylic acids is 1. The summed E-state index contributed by atoms with van der Waals surface area (Å²) in [7, 11) is 3.63. The Labute approximate surface area is 110 Å². The van der Waals surface area contributed by atoms with Crippen molar-refractivity contribution in [3.8, 4) is 0 Å². The molecule has 0 saturated carbocycles. The molecule has 0 aliphatic carbocycles. The molecule has 3 N–H and O–H groups in total. The van der Waals surface area contributed by atoms with E-state index >= 15 is 0 Å². The fourth-order valence-electron chi connectivity index (χ4n) is 1.35. The highest BCUT2D eigenvalue weighted by Gasteiger charge is 2.13. The van der Waals surface area contributed by atoms with E-state index in [9.17, 15) is 9.59 Å². The van der Waals surface area contributed by atoms with Crippen molar-refractivity contribution in [2.75, 3.05) is 25.5 Å². The smallest absolute Gasteiger partial charge is 0.332 e. The van der Waals surface area contributed by atoms with Gasteiger partial charge in [-0.05, 0) is 12.1 Å². The number of hydrogen-bond acceptors (Lipinski definition) is 5. The number of aliphatic hydroxyl groups is 1. The summed E-state index contributed by atoms with van der Waals surface area (Å²) in [6, 6.07) is 3.19. The lowest BCUT2D eigenvalue weighted by Gasteiger charge is -2.12. The topological polar surface area (TPSA) is 103 Å². The largest absolute Gasteiger partial charge is 0.479 e. The van der Waals surface area contributed by atoms with Crippen molar-refractivity contribution in [2.24, 2.45) is 0 Å². The molecule has 1 amide bonds. The van der Waals surface area contributed by atoms with Crippen LogP contribution in [0.3, 0.4) is 0 Å². The maximum Gasteiger partial charge on any atom is 0.332 e. The lowest BCUT2D eigenvalue weighted by atomic mass is 10.2. The van der Waals surface area contributed by atoms with Crippen molar-refractivity contribution >= 4 is 17.7 Å². The molecule has 0 bridgehead atoms. The lowest BCUT2D eigenvalue weighted by Crippen LogP contribution is -2.30. The van der Waals surface area contributed by atoms with Crippen LogP contribution in [0.2, 0.25) is 0 Å². The second kappa shape index (κ2) is 6.69. The minimum atomic E-state index is -1.46. The number of amides is 1. The molecule has 19 heavy (non-hydrogen) atoms. The number of hydrogen-bond donors (Lipinski definition) is 3. The highest BCUT2D eigenvalue weighted by atomic mass is 16.4.